The van der Waals surface area contributed by atoms with E-state index in [0.29, 0.717) is 11.5 Å². The summed E-state index contributed by atoms with van der Waals surface area (Å²) in [7, 11) is 0. The minimum Gasteiger partial charge on any atom is -0.294 e. The Morgan fingerprint density at radius 2 is 2.14 bits per heavy atom. The highest BCUT2D eigenvalue weighted by Gasteiger charge is 2.30. The van der Waals surface area contributed by atoms with Crippen molar-refractivity contribution in [3.05, 3.63) is 12.7 Å². The van der Waals surface area contributed by atoms with Crippen LogP contribution >= 0.6 is 0 Å². The summed E-state index contributed by atoms with van der Waals surface area (Å²) in [4.78, 5) is 2.61. The molecule has 1 heterocycles. The van der Waals surface area contributed by atoms with Crippen molar-refractivity contribution in [2.24, 2.45) is 5.41 Å². The van der Waals surface area contributed by atoms with E-state index in [1.165, 1.54) is 25.8 Å². The Labute approximate surface area is 89.2 Å². The molecule has 1 fully saturated rings. The van der Waals surface area contributed by atoms with Gasteiger partial charge in [0.1, 0.15) is 0 Å². The summed E-state index contributed by atoms with van der Waals surface area (Å²) in [5, 5.41) is 0. The Morgan fingerprint density at radius 3 is 2.64 bits per heavy atom. The van der Waals surface area contributed by atoms with Crippen LogP contribution in [-0.2, 0) is 0 Å². The smallest absolute Gasteiger partial charge is 0.0250 e. The second kappa shape index (κ2) is 4.48. The molecule has 1 saturated heterocycles. The molecule has 0 N–H and O–H groups in total. The molecule has 82 valence electrons. The molecule has 1 nitrogen and oxygen atoms in total. The Hall–Kier alpha value is -0.300. The summed E-state index contributed by atoms with van der Waals surface area (Å²) in [6.07, 6.45) is 6.11. The molecule has 0 aromatic heterocycles. The fourth-order valence-electron chi connectivity index (χ4n) is 2.46. The quantitative estimate of drug-likeness (QED) is 0.623. The zero-order valence-corrected chi connectivity index (χ0v) is 10.2. The van der Waals surface area contributed by atoms with Gasteiger partial charge in [-0.2, -0.15) is 0 Å². The summed E-state index contributed by atoms with van der Waals surface area (Å²) in [6.45, 7) is 14.4. The van der Waals surface area contributed by atoms with Crippen LogP contribution in [0.2, 0.25) is 0 Å². The van der Waals surface area contributed by atoms with Crippen LogP contribution in [0.4, 0.5) is 0 Å². The molecule has 2 atom stereocenters. The first-order chi connectivity index (χ1) is 6.44. The van der Waals surface area contributed by atoms with Gasteiger partial charge in [-0.25, -0.2) is 0 Å². The van der Waals surface area contributed by atoms with Gasteiger partial charge in [-0.15, -0.1) is 6.58 Å². The molecule has 14 heavy (non-hydrogen) atoms. The average molecular weight is 195 g/mol. The van der Waals surface area contributed by atoms with Gasteiger partial charge in [0, 0.05) is 12.1 Å². The highest BCUT2D eigenvalue weighted by Crippen LogP contribution is 2.31. The molecule has 0 aromatic rings. The van der Waals surface area contributed by atoms with Gasteiger partial charge >= 0.3 is 0 Å². The third-order valence-electron chi connectivity index (χ3n) is 3.13. The van der Waals surface area contributed by atoms with Crippen LogP contribution in [0.3, 0.4) is 0 Å². The fraction of sp³-hybridized carbons (Fsp3) is 0.846. The molecule has 1 heteroatoms. The van der Waals surface area contributed by atoms with E-state index in [1.54, 1.807) is 0 Å². The van der Waals surface area contributed by atoms with Crippen molar-refractivity contribution < 1.29 is 0 Å². The molecular weight excluding hydrogens is 170 g/mol. The average Bonchev–Trinajstić information content (AvgIpc) is 2.48. The van der Waals surface area contributed by atoms with Crippen LogP contribution in [-0.4, -0.2) is 23.5 Å². The van der Waals surface area contributed by atoms with Gasteiger partial charge in [0.05, 0.1) is 0 Å². The summed E-state index contributed by atoms with van der Waals surface area (Å²) < 4.78 is 0. The highest BCUT2D eigenvalue weighted by molar-refractivity contribution is 4.92. The van der Waals surface area contributed by atoms with Crippen LogP contribution in [0.15, 0.2) is 12.7 Å². The van der Waals surface area contributed by atoms with Gasteiger partial charge in [0.25, 0.3) is 0 Å². The van der Waals surface area contributed by atoms with Crippen molar-refractivity contribution in [3.63, 3.8) is 0 Å². The summed E-state index contributed by atoms with van der Waals surface area (Å²) in [5.74, 6) is 0. The number of rotatable bonds is 3. The standard InChI is InChI=1S/C13H25N/c1-6-11(2)14-9-7-8-12(14)10-13(3,4)5/h6,11-12H,1,7-10H2,2-5H3/t11?,12-/m1/s1. The first kappa shape index (κ1) is 11.8. The van der Waals surface area contributed by atoms with E-state index in [0.717, 1.165) is 6.04 Å². The van der Waals surface area contributed by atoms with Crippen molar-refractivity contribution in [2.45, 2.75) is 59.0 Å². The van der Waals surface area contributed by atoms with Crippen molar-refractivity contribution in [1.82, 2.24) is 4.90 Å². The van der Waals surface area contributed by atoms with E-state index >= 15 is 0 Å². The molecule has 1 unspecified atom stereocenters. The first-order valence-corrected chi connectivity index (χ1v) is 5.82. The van der Waals surface area contributed by atoms with Crippen LogP contribution in [0.1, 0.15) is 47.0 Å². The SMILES string of the molecule is C=CC(C)N1CCC[C@@H]1CC(C)(C)C. The molecule has 0 aliphatic carbocycles. The van der Waals surface area contributed by atoms with Gasteiger partial charge in [0.15, 0.2) is 0 Å². The van der Waals surface area contributed by atoms with Gasteiger partial charge < -0.3 is 0 Å². The normalized spacial score (nSPS) is 26.4. The Bertz CT molecular complexity index is 190. The van der Waals surface area contributed by atoms with E-state index in [9.17, 15) is 0 Å². The van der Waals surface area contributed by atoms with E-state index in [2.05, 4.69) is 45.2 Å². The Balaban J connectivity index is 2.55. The van der Waals surface area contributed by atoms with Crippen LogP contribution in [0, 0.1) is 5.41 Å². The lowest BCUT2D eigenvalue weighted by atomic mass is 9.87. The molecular formula is C13H25N. The topological polar surface area (TPSA) is 3.24 Å². The molecule has 0 amide bonds. The van der Waals surface area contributed by atoms with Crippen molar-refractivity contribution in [1.29, 1.82) is 0 Å². The largest absolute Gasteiger partial charge is 0.294 e. The number of nitrogens with zero attached hydrogens (tertiary/aromatic N) is 1. The van der Waals surface area contributed by atoms with E-state index in [1.807, 2.05) is 0 Å². The molecule has 0 saturated carbocycles. The molecule has 0 bridgehead atoms. The molecule has 0 aromatic carbocycles. The fourth-order valence-corrected chi connectivity index (χ4v) is 2.46. The lowest BCUT2D eigenvalue weighted by Gasteiger charge is -2.33. The predicted molar refractivity (Wildman–Crippen MR) is 63.5 cm³/mol. The zero-order valence-electron chi connectivity index (χ0n) is 10.2. The maximum atomic E-state index is 3.89. The molecule has 0 radical (unpaired) electrons. The lowest BCUT2D eigenvalue weighted by molar-refractivity contribution is 0.171. The highest BCUT2D eigenvalue weighted by atomic mass is 15.2. The van der Waals surface area contributed by atoms with Crippen LogP contribution < -0.4 is 0 Å². The summed E-state index contributed by atoms with van der Waals surface area (Å²) in [6, 6.07) is 1.33. The number of hydrogen-bond donors (Lipinski definition) is 0. The Morgan fingerprint density at radius 1 is 1.50 bits per heavy atom. The summed E-state index contributed by atoms with van der Waals surface area (Å²) >= 11 is 0. The van der Waals surface area contributed by atoms with Crippen LogP contribution in [0.5, 0.6) is 0 Å². The van der Waals surface area contributed by atoms with Crippen molar-refractivity contribution >= 4 is 0 Å². The third kappa shape index (κ3) is 3.13. The monoisotopic (exact) mass is 195 g/mol. The minimum atomic E-state index is 0.453. The maximum Gasteiger partial charge on any atom is 0.0250 e. The molecule has 1 rings (SSSR count). The molecule has 1 aliphatic heterocycles. The lowest BCUT2D eigenvalue weighted by Crippen LogP contribution is -2.38. The Kier molecular flexibility index (Phi) is 3.77. The van der Waals surface area contributed by atoms with Gasteiger partial charge in [0.2, 0.25) is 0 Å². The van der Waals surface area contributed by atoms with Crippen molar-refractivity contribution in [3.8, 4) is 0 Å². The second-order valence-corrected chi connectivity index (χ2v) is 5.77. The third-order valence-corrected chi connectivity index (χ3v) is 3.13. The zero-order chi connectivity index (χ0) is 10.8. The van der Waals surface area contributed by atoms with E-state index in [4.69, 9.17) is 0 Å². The van der Waals surface area contributed by atoms with Gasteiger partial charge in [-0.05, 0) is 38.1 Å². The minimum absolute atomic E-state index is 0.453. The van der Waals surface area contributed by atoms with Gasteiger partial charge in [-0.1, -0.05) is 26.8 Å². The van der Waals surface area contributed by atoms with E-state index in [-0.39, 0.29) is 0 Å². The molecule has 1 aliphatic rings. The number of hydrogen-bond acceptors (Lipinski definition) is 1. The molecule has 0 spiro atoms. The number of likely N-dealkylation sites (tertiary alicyclic amines) is 1. The van der Waals surface area contributed by atoms with Gasteiger partial charge in [-0.3, -0.25) is 4.90 Å². The van der Waals surface area contributed by atoms with E-state index < -0.39 is 0 Å². The second-order valence-electron chi connectivity index (χ2n) is 5.77. The predicted octanol–water partition coefficient (Wildman–Crippen LogP) is 3.46. The maximum absolute atomic E-state index is 3.89. The summed E-state index contributed by atoms with van der Waals surface area (Å²) in [5.41, 5.74) is 0.453. The van der Waals surface area contributed by atoms with Crippen molar-refractivity contribution in [2.75, 3.05) is 6.54 Å². The van der Waals surface area contributed by atoms with Crippen LogP contribution in [0.25, 0.3) is 0 Å². The first-order valence-electron chi connectivity index (χ1n) is 5.82.